The highest BCUT2D eigenvalue weighted by Crippen LogP contribution is 2.17. The number of aryl methyl sites for hydroxylation is 1. The minimum Gasteiger partial charge on any atom is -0.329 e. The third kappa shape index (κ3) is 3.00. The van der Waals surface area contributed by atoms with Gasteiger partial charge in [-0.15, -0.1) is 0 Å². The minimum atomic E-state index is -0.375. The van der Waals surface area contributed by atoms with Crippen LogP contribution in [0.4, 0.5) is 0 Å². The van der Waals surface area contributed by atoms with Gasteiger partial charge >= 0.3 is 5.69 Å². The lowest BCUT2D eigenvalue weighted by molar-refractivity contribution is 0.579. The molecule has 1 heterocycles. The number of benzene rings is 1. The van der Waals surface area contributed by atoms with Crippen LogP contribution in [0.15, 0.2) is 40.1 Å². The van der Waals surface area contributed by atoms with Gasteiger partial charge in [0.05, 0.1) is 6.54 Å². The molecule has 1 aromatic carbocycles. The van der Waals surface area contributed by atoms with Gasteiger partial charge in [-0.2, -0.15) is 0 Å². The summed E-state index contributed by atoms with van der Waals surface area (Å²) in [6, 6.07) is 7.02. The predicted molar refractivity (Wildman–Crippen MR) is 79.3 cm³/mol. The molecule has 20 heavy (non-hydrogen) atoms. The number of hydrogen-bond donors (Lipinski definition) is 1. The van der Waals surface area contributed by atoms with E-state index in [0.29, 0.717) is 11.6 Å². The summed E-state index contributed by atoms with van der Waals surface area (Å²) >= 11 is 6.16. The zero-order chi connectivity index (χ0) is 14.7. The van der Waals surface area contributed by atoms with Crippen LogP contribution < -0.4 is 17.0 Å². The van der Waals surface area contributed by atoms with Crippen LogP contribution in [-0.4, -0.2) is 15.7 Å². The lowest BCUT2D eigenvalue weighted by atomic mass is 10.1. The number of hydrogen-bond acceptors (Lipinski definition) is 3. The van der Waals surface area contributed by atoms with Crippen LogP contribution in [0.1, 0.15) is 11.1 Å². The van der Waals surface area contributed by atoms with E-state index in [9.17, 15) is 9.59 Å². The van der Waals surface area contributed by atoms with Gasteiger partial charge in [0.15, 0.2) is 0 Å². The van der Waals surface area contributed by atoms with Crippen molar-refractivity contribution in [2.45, 2.75) is 20.0 Å². The monoisotopic (exact) mass is 293 g/mol. The van der Waals surface area contributed by atoms with Crippen molar-refractivity contribution in [3.05, 3.63) is 67.4 Å². The average molecular weight is 294 g/mol. The lowest BCUT2D eigenvalue weighted by Gasteiger charge is -2.10. The predicted octanol–water partition coefficient (Wildman–Crippen LogP) is 0.979. The van der Waals surface area contributed by atoms with Crippen molar-refractivity contribution in [2.75, 3.05) is 6.54 Å². The molecular formula is C14H16ClN3O2. The van der Waals surface area contributed by atoms with Gasteiger partial charge in [0.25, 0.3) is 5.56 Å². The number of nitrogens with two attached hydrogens (primary N) is 1. The van der Waals surface area contributed by atoms with Crippen LogP contribution in [-0.2, 0) is 13.1 Å². The second-order valence-electron chi connectivity index (χ2n) is 4.60. The van der Waals surface area contributed by atoms with Gasteiger partial charge in [-0.1, -0.05) is 23.7 Å². The van der Waals surface area contributed by atoms with E-state index in [2.05, 4.69) is 0 Å². The summed E-state index contributed by atoms with van der Waals surface area (Å²) in [5.41, 5.74) is 6.58. The van der Waals surface area contributed by atoms with E-state index >= 15 is 0 Å². The van der Waals surface area contributed by atoms with Crippen molar-refractivity contribution in [3.63, 3.8) is 0 Å². The Hall–Kier alpha value is -1.85. The Labute approximate surface area is 121 Å². The third-order valence-corrected chi connectivity index (χ3v) is 3.39. The Bertz CT molecular complexity index is 734. The molecule has 1 aromatic heterocycles. The molecule has 0 unspecified atom stereocenters. The summed E-state index contributed by atoms with van der Waals surface area (Å²) in [7, 11) is 0. The molecular weight excluding hydrogens is 278 g/mol. The van der Waals surface area contributed by atoms with E-state index in [1.165, 1.54) is 16.8 Å². The maximum Gasteiger partial charge on any atom is 0.331 e. The Balaban J connectivity index is 2.42. The Morgan fingerprint density at radius 3 is 2.65 bits per heavy atom. The number of halogens is 1. The van der Waals surface area contributed by atoms with Crippen LogP contribution in [0.5, 0.6) is 0 Å². The molecule has 2 N–H and O–H groups in total. The second-order valence-corrected chi connectivity index (χ2v) is 5.01. The number of aromatic nitrogens is 2. The van der Waals surface area contributed by atoms with E-state index in [0.717, 1.165) is 15.7 Å². The Kier molecular flexibility index (Phi) is 4.42. The van der Waals surface area contributed by atoms with Crippen molar-refractivity contribution < 1.29 is 0 Å². The van der Waals surface area contributed by atoms with Crippen molar-refractivity contribution >= 4 is 11.6 Å². The van der Waals surface area contributed by atoms with Crippen LogP contribution in [0, 0.1) is 6.92 Å². The number of rotatable bonds is 4. The fourth-order valence-corrected chi connectivity index (χ4v) is 2.27. The highest BCUT2D eigenvalue weighted by atomic mass is 35.5. The van der Waals surface area contributed by atoms with E-state index in [-0.39, 0.29) is 24.3 Å². The van der Waals surface area contributed by atoms with Gasteiger partial charge in [-0.25, -0.2) is 4.79 Å². The molecule has 2 rings (SSSR count). The molecule has 6 heteroatoms. The van der Waals surface area contributed by atoms with E-state index in [4.69, 9.17) is 17.3 Å². The first-order chi connectivity index (χ1) is 9.52. The van der Waals surface area contributed by atoms with Gasteiger partial charge in [-0.3, -0.25) is 13.9 Å². The van der Waals surface area contributed by atoms with E-state index < -0.39 is 0 Å². The highest BCUT2D eigenvalue weighted by molar-refractivity contribution is 6.31. The molecule has 0 atom stereocenters. The molecule has 0 aliphatic heterocycles. The summed E-state index contributed by atoms with van der Waals surface area (Å²) in [5, 5.41) is 0.605. The first-order valence-electron chi connectivity index (χ1n) is 6.28. The van der Waals surface area contributed by atoms with Crippen molar-refractivity contribution in [1.29, 1.82) is 0 Å². The molecule has 0 amide bonds. The largest absolute Gasteiger partial charge is 0.331 e. The van der Waals surface area contributed by atoms with Gasteiger partial charge in [0.2, 0.25) is 0 Å². The smallest absolute Gasteiger partial charge is 0.329 e. The van der Waals surface area contributed by atoms with Crippen LogP contribution in [0.2, 0.25) is 5.02 Å². The molecule has 106 valence electrons. The Morgan fingerprint density at radius 1 is 1.25 bits per heavy atom. The molecule has 5 nitrogen and oxygen atoms in total. The fraction of sp³-hybridized carbons (Fsp3) is 0.286. The standard InChI is InChI=1S/C14H16ClN3O2/c1-10-2-3-11(12(15)8-10)9-17-6-4-13(19)18(7-5-16)14(17)20/h2-4,6,8H,5,7,9,16H2,1H3. The maximum atomic E-state index is 12.2. The summed E-state index contributed by atoms with van der Waals surface area (Å²) < 4.78 is 2.58. The van der Waals surface area contributed by atoms with Crippen molar-refractivity contribution in [2.24, 2.45) is 5.73 Å². The molecule has 0 fully saturated rings. The number of nitrogens with zero attached hydrogens (tertiary/aromatic N) is 2. The van der Waals surface area contributed by atoms with Crippen LogP contribution in [0.3, 0.4) is 0 Å². The van der Waals surface area contributed by atoms with Gasteiger partial charge in [0, 0.05) is 30.4 Å². The van der Waals surface area contributed by atoms with Crippen LogP contribution >= 0.6 is 11.6 Å². The minimum absolute atomic E-state index is 0.208. The molecule has 0 saturated carbocycles. The molecule has 0 radical (unpaired) electrons. The van der Waals surface area contributed by atoms with Gasteiger partial charge < -0.3 is 5.73 Å². The molecule has 0 aliphatic rings. The van der Waals surface area contributed by atoms with Gasteiger partial charge in [0.1, 0.15) is 0 Å². The normalized spacial score (nSPS) is 10.8. The lowest BCUT2D eigenvalue weighted by Crippen LogP contribution is -2.40. The SMILES string of the molecule is Cc1ccc(Cn2ccc(=O)n(CCN)c2=O)c(Cl)c1. The maximum absolute atomic E-state index is 12.2. The quantitative estimate of drug-likeness (QED) is 0.913. The zero-order valence-corrected chi connectivity index (χ0v) is 11.9. The fourth-order valence-electron chi connectivity index (χ4n) is 1.98. The van der Waals surface area contributed by atoms with E-state index in [1.807, 2.05) is 25.1 Å². The first kappa shape index (κ1) is 14.6. The zero-order valence-electron chi connectivity index (χ0n) is 11.2. The summed E-state index contributed by atoms with van der Waals surface area (Å²) in [6.45, 7) is 2.72. The summed E-state index contributed by atoms with van der Waals surface area (Å²) in [6.07, 6.45) is 1.48. The average Bonchev–Trinajstić information content (AvgIpc) is 2.40. The summed E-state index contributed by atoms with van der Waals surface area (Å²) in [4.78, 5) is 23.8. The Morgan fingerprint density at radius 2 is 2.00 bits per heavy atom. The van der Waals surface area contributed by atoms with Crippen molar-refractivity contribution in [1.82, 2.24) is 9.13 Å². The highest BCUT2D eigenvalue weighted by Gasteiger charge is 2.07. The van der Waals surface area contributed by atoms with Gasteiger partial charge in [-0.05, 0) is 24.1 Å². The topological polar surface area (TPSA) is 70.0 Å². The molecule has 0 aliphatic carbocycles. The first-order valence-corrected chi connectivity index (χ1v) is 6.66. The van der Waals surface area contributed by atoms with Crippen molar-refractivity contribution in [3.8, 4) is 0 Å². The third-order valence-electron chi connectivity index (χ3n) is 3.04. The van der Waals surface area contributed by atoms with E-state index in [1.54, 1.807) is 0 Å². The van der Waals surface area contributed by atoms with Crippen LogP contribution in [0.25, 0.3) is 0 Å². The molecule has 0 saturated heterocycles. The molecule has 2 aromatic rings. The summed E-state index contributed by atoms with van der Waals surface area (Å²) in [5.74, 6) is 0. The molecule has 0 spiro atoms. The second kappa shape index (κ2) is 6.07. The molecule has 0 bridgehead atoms.